The number of benzene rings is 3. The number of phosphoric acid groups is 1. The fourth-order valence-corrected chi connectivity index (χ4v) is 3.52. The monoisotopic (exact) mass is 431 g/mol. The molecule has 0 spiro atoms. The third kappa shape index (κ3) is 4.95. The van der Waals surface area contributed by atoms with Gasteiger partial charge in [-0.05, 0) is 24.3 Å². The van der Waals surface area contributed by atoms with Gasteiger partial charge >= 0.3 is 7.82 Å². The van der Waals surface area contributed by atoms with E-state index in [1.165, 1.54) is 24.3 Å². The number of phosphoric ester groups is 1. The summed E-state index contributed by atoms with van der Waals surface area (Å²) in [5, 5.41) is 11.5. The van der Waals surface area contributed by atoms with Crippen molar-refractivity contribution in [3.05, 3.63) is 88.4 Å². The van der Waals surface area contributed by atoms with Crippen LogP contribution in [0.1, 0.15) is 13.1 Å². The second kappa shape index (κ2) is 9.11. The van der Waals surface area contributed by atoms with Crippen LogP contribution in [0.15, 0.2) is 72.7 Å². The second-order valence-corrected chi connectivity index (χ2v) is 7.04. The van der Waals surface area contributed by atoms with E-state index in [2.05, 4.69) is 0 Å². The molecule has 0 saturated carbocycles. The Balaban J connectivity index is 2.16. The van der Waals surface area contributed by atoms with Gasteiger partial charge in [0.05, 0.1) is 26.4 Å². The van der Waals surface area contributed by atoms with Gasteiger partial charge in [0.2, 0.25) is 0 Å². The molecule has 0 aliphatic rings. The first kappa shape index (κ1) is 18.2. The number of aldehydes is 1. The average Bonchev–Trinajstić information content (AvgIpc) is 2.77. The molecule has 0 aliphatic heterocycles. The number of carbonyl (C=O) groups excluding carboxylic acids is 1. The number of nitrogens with zero attached hydrogens (tertiary/aromatic N) is 1. The van der Waals surface area contributed by atoms with E-state index in [9.17, 15) is 19.5 Å². The van der Waals surface area contributed by atoms with Gasteiger partial charge in [0.25, 0.3) is 5.69 Å². The van der Waals surface area contributed by atoms with Crippen LogP contribution < -0.4 is 18.3 Å². The number of rotatable bonds is 9. The molecule has 0 bridgehead atoms. The molecule has 0 saturated heterocycles. The molecule has 9 nitrogen and oxygen atoms in total. The first-order valence-corrected chi connectivity index (χ1v) is 9.85. The topological polar surface area (TPSA) is 114 Å². The lowest BCUT2D eigenvalue weighted by molar-refractivity contribution is -0.385. The Bertz CT molecular complexity index is 1150. The first-order valence-electron chi connectivity index (χ1n) is 9.39. The molecule has 3 aromatic rings. The summed E-state index contributed by atoms with van der Waals surface area (Å²) in [5.74, 6) is -1.09. The van der Waals surface area contributed by atoms with Crippen molar-refractivity contribution < 1.29 is 35.3 Å². The summed E-state index contributed by atoms with van der Waals surface area (Å²) in [6, 6.07) is 14.0. The Morgan fingerprint density at radius 2 is 1.47 bits per heavy atom. The molecule has 0 aromatic heterocycles. The quantitative estimate of drug-likeness (QED) is 0.200. The highest BCUT2D eigenvalue weighted by Crippen LogP contribution is 2.52. The standard InChI is InChI=1S/C20H16NO8P/c1-26-19-12-15(14-22)18(21(23)24)13-20(19)29-30(25,27-16-8-4-2-5-9-16)28-17-10-6-3-7-11-17/h2-14H,1H3/i12D,13D. The highest BCUT2D eigenvalue weighted by Gasteiger charge is 2.35. The minimum atomic E-state index is -4.64. The van der Waals surface area contributed by atoms with Crippen LogP contribution in [0.4, 0.5) is 5.69 Å². The number of hydrogen-bond donors (Lipinski definition) is 0. The summed E-state index contributed by atoms with van der Waals surface area (Å²) in [7, 11) is -3.54. The van der Waals surface area contributed by atoms with Crippen molar-refractivity contribution in [1.82, 2.24) is 0 Å². The molecule has 30 heavy (non-hydrogen) atoms. The van der Waals surface area contributed by atoms with Crippen molar-refractivity contribution in [1.29, 1.82) is 0 Å². The van der Waals surface area contributed by atoms with E-state index in [0.29, 0.717) is 0 Å². The summed E-state index contributed by atoms with van der Waals surface area (Å²) in [6.07, 6.45) is 0.0608. The molecule has 0 unspecified atom stereocenters. The fraction of sp³-hybridized carbons (Fsp3) is 0.0500. The van der Waals surface area contributed by atoms with Gasteiger partial charge in [-0.1, -0.05) is 36.4 Å². The Morgan fingerprint density at radius 1 is 0.933 bits per heavy atom. The van der Waals surface area contributed by atoms with E-state index in [4.69, 9.17) is 21.0 Å². The summed E-state index contributed by atoms with van der Waals surface area (Å²) >= 11 is 0. The summed E-state index contributed by atoms with van der Waals surface area (Å²) < 4.78 is 51.1. The Hall–Kier alpha value is -3.84. The molecule has 0 radical (unpaired) electrons. The number of ether oxygens (including phenoxy) is 1. The minimum absolute atomic E-state index is 0.0608. The predicted octanol–water partition coefficient (Wildman–Crippen LogP) is 5.06. The lowest BCUT2D eigenvalue weighted by Crippen LogP contribution is -2.09. The maximum Gasteiger partial charge on any atom is 0.647 e. The van der Waals surface area contributed by atoms with Crippen LogP contribution in [0.2, 0.25) is 0 Å². The molecule has 3 rings (SSSR count). The maximum absolute atomic E-state index is 13.6. The third-order valence-corrected chi connectivity index (χ3v) is 4.84. The van der Waals surface area contributed by atoms with Gasteiger partial charge in [0, 0.05) is 6.04 Å². The molecular formula is C20H16NO8P. The van der Waals surface area contributed by atoms with Crippen molar-refractivity contribution >= 4 is 19.8 Å². The zero-order valence-electron chi connectivity index (χ0n) is 17.5. The van der Waals surface area contributed by atoms with Gasteiger partial charge in [-0.2, -0.15) is 4.57 Å². The zero-order chi connectivity index (χ0) is 23.3. The molecule has 10 heteroatoms. The van der Waals surface area contributed by atoms with E-state index in [-0.39, 0.29) is 17.8 Å². The Morgan fingerprint density at radius 3 is 1.90 bits per heavy atom. The second-order valence-electron chi connectivity index (χ2n) is 5.60. The van der Waals surface area contributed by atoms with Crippen molar-refractivity contribution in [3.8, 4) is 23.0 Å². The highest BCUT2D eigenvalue weighted by atomic mass is 31.2. The van der Waals surface area contributed by atoms with Crippen LogP contribution in [-0.2, 0) is 4.57 Å². The van der Waals surface area contributed by atoms with Crippen LogP contribution in [0.3, 0.4) is 0 Å². The molecular weight excluding hydrogens is 413 g/mol. The largest absolute Gasteiger partial charge is 0.647 e. The minimum Gasteiger partial charge on any atom is -0.493 e. The molecule has 0 fully saturated rings. The zero-order valence-corrected chi connectivity index (χ0v) is 16.4. The molecule has 0 amide bonds. The Kier molecular flexibility index (Phi) is 5.53. The average molecular weight is 431 g/mol. The summed E-state index contributed by atoms with van der Waals surface area (Å²) in [4.78, 5) is 21.8. The molecule has 0 aliphatic carbocycles. The van der Waals surface area contributed by atoms with E-state index < -0.39 is 47.6 Å². The van der Waals surface area contributed by atoms with Gasteiger partial charge in [-0.3, -0.25) is 14.9 Å². The molecule has 3 aromatic carbocycles. The molecule has 0 N–H and O–H groups in total. The molecule has 0 atom stereocenters. The lowest BCUT2D eigenvalue weighted by atomic mass is 10.2. The van der Waals surface area contributed by atoms with Crippen LogP contribution in [0.5, 0.6) is 23.0 Å². The van der Waals surface area contributed by atoms with Crippen molar-refractivity contribution in [3.63, 3.8) is 0 Å². The van der Waals surface area contributed by atoms with Gasteiger partial charge in [-0.25, -0.2) is 0 Å². The number of hydrogen-bond acceptors (Lipinski definition) is 8. The molecule has 154 valence electrons. The van der Waals surface area contributed by atoms with E-state index in [1.807, 2.05) is 0 Å². The lowest BCUT2D eigenvalue weighted by Gasteiger charge is -2.20. The SMILES string of the molecule is [2H]c1c(C=O)c([N+](=O)[O-])c([2H])c(OP(=O)(Oc2ccccc2)Oc2ccccc2)c1OC. The van der Waals surface area contributed by atoms with Crippen LogP contribution >= 0.6 is 7.82 Å². The number of para-hydroxylation sites is 2. The van der Waals surface area contributed by atoms with Crippen LogP contribution in [0.25, 0.3) is 0 Å². The number of nitro benzene ring substituents is 1. The summed E-state index contributed by atoms with van der Waals surface area (Å²) in [6.45, 7) is 0. The first-order chi connectivity index (χ1) is 15.3. The van der Waals surface area contributed by atoms with Crippen molar-refractivity contribution in [2.45, 2.75) is 0 Å². The fourth-order valence-electron chi connectivity index (χ4n) is 2.30. The van der Waals surface area contributed by atoms with Crippen molar-refractivity contribution in [2.24, 2.45) is 0 Å². The van der Waals surface area contributed by atoms with Gasteiger partial charge in [0.15, 0.2) is 17.8 Å². The predicted molar refractivity (Wildman–Crippen MR) is 107 cm³/mol. The van der Waals surface area contributed by atoms with E-state index >= 15 is 0 Å². The van der Waals surface area contributed by atoms with Crippen LogP contribution in [-0.4, -0.2) is 18.3 Å². The van der Waals surface area contributed by atoms with E-state index in [1.54, 1.807) is 36.4 Å². The normalized spacial score (nSPS) is 11.6. The smallest absolute Gasteiger partial charge is 0.493 e. The van der Waals surface area contributed by atoms with Crippen molar-refractivity contribution in [2.75, 3.05) is 7.11 Å². The van der Waals surface area contributed by atoms with Crippen LogP contribution in [0, 0.1) is 10.1 Å². The van der Waals surface area contributed by atoms with E-state index in [0.717, 1.165) is 7.11 Å². The molecule has 0 heterocycles. The van der Waals surface area contributed by atoms with Gasteiger partial charge in [-0.15, -0.1) is 0 Å². The summed E-state index contributed by atoms with van der Waals surface area (Å²) in [5.41, 5.74) is -1.70. The Labute approximate surface area is 174 Å². The number of nitro groups is 1. The van der Waals surface area contributed by atoms with Gasteiger partial charge in [0.1, 0.15) is 11.5 Å². The maximum atomic E-state index is 13.6. The third-order valence-electron chi connectivity index (χ3n) is 3.57. The highest BCUT2D eigenvalue weighted by molar-refractivity contribution is 7.49. The number of carbonyl (C=O) groups is 1. The number of methoxy groups -OCH3 is 1. The van der Waals surface area contributed by atoms with Gasteiger partial charge < -0.3 is 18.3 Å².